The molecule has 8 nitrogen and oxygen atoms in total. The first-order chi connectivity index (χ1) is 17.8. The Morgan fingerprint density at radius 2 is 1.89 bits per heavy atom. The summed E-state index contributed by atoms with van der Waals surface area (Å²) in [5, 5.41) is 7.70. The summed E-state index contributed by atoms with van der Waals surface area (Å²) < 4.78 is 24.5. The predicted octanol–water partition coefficient (Wildman–Crippen LogP) is 5.81. The zero-order chi connectivity index (χ0) is 26.0. The van der Waals surface area contributed by atoms with Crippen molar-refractivity contribution < 1.29 is 14.0 Å². The second-order valence-electron chi connectivity index (χ2n) is 9.82. The first kappa shape index (κ1) is 25.8. The molecular formula is C27H33ClN5O3P. The fraction of sp³-hybridized carbons (Fsp3) is 0.407. The third-order valence-electron chi connectivity index (χ3n) is 6.90. The normalized spacial score (nSPS) is 16.2. The number of hydrogen-bond donors (Lipinski definition) is 2. The summed E-state index contributed by atoms with van der Waals surface area (Å²) in [6.07, 6.45) is 5.89. The molecule has 0 unspecified atom stereocenters. The maximum atomic E-state index is 12.8. The lowest BCUT2D eigenvalue weighted by Gasteiger charge is -2.35. The van der Waals surface area contributed by atoms with E-state index >= 15 is 0 Å². The molecule has 1 aromatic heterocycles. The predicted molar refractivity (Wildman–Crippen MR) is 152 cm³/mol. The topological polar surface area (TPSA) is 88.6 Å². The summed E-state index contributed by atoms with van der Waals surface area (Å²) in [7, 11) is -0.709. The third kappa shape index (κ3) is 5.71. The van der Waals surface area contributed by atoms with Crippen molar-refractivity contribution in [1.82, 2.24) is 9.97 Å². The first-order valence-electron chi connectivity index (χ1n) is 12.6. The fourth-order valence-electron chi connectivity index (χ4n) is 4.99. The van der Waals surface area contributed by atoms with Crippen LogP contribution in [-0.4, -0.2) is 56.2 Å². The molecule has 1 saturated heterocycles. The standard InChI is InChI=1S/C27H33ClN5O3P/c1-35-18-12-14-33(15-13-18)23-11-10-22(25-19(23)7-6-16-36-25)31-27-29-17-20(28)26(32-27)30-21-8-4-5-9-24(21)37(2,3)34/h4-5,8-11,17-18H,6-7,12-16H2,1-3H3,(H2,29,30,31,32). The second-order valence-corrected chi connectivity index (χ2v) is 13.4. The van der Waals surface area contributed by atoms with Crippen molar-refractivity contribution in [2.45, 2.75) is 31.8 Å². The molecule has 0 amide bonds. The molecule has 2 N–H and O–H groups in total. The van der Waals surface area contributed by atoms with Gasteiger partial charge in [-0.1, -0.05) is 23.7 Å². The average Bonchev–Trinajstić information content (AvgIpc) is 2.90. The van der Waals surface area contributed by atoms with Crippen LogP contribution >= 0.6 is 18.7 Å². The van der Waals surface area contributed by atoms with E-state index in [2.05, 4.69) is 31.6 Å². The molecule has 196 valence electrons. The Hall–Kier alpha value is -2.80. The van der Waals surface area contributed by atoms with Gasteiger partial charge in [0.1, 0.15) is 17.9 Å². The number of nitrogens with zero attached hydrogens (tertiary/aromatic N) is 3. The van der Waals surface area contributed by atoms with Crippen molar-refractivity contribution in [2.75, 3.05) is 55.7 Å². The molecule has 2 aromatic carbocycles. The third-order valence-corrected chi connectivity index (χ3v) is 8.72. The number of nitrogens with one attached hydrogen (secondary N) is 2. The van der Waals surface area contributed by atoms with E-state index in [1.54, 1.807) is 26.6 Å². The number of fused-ring (bicyclic) bond motifs is 1. The minimum absolute atomic E-state index is 0.336. The van der Waals surface area contributed by atoms with E-state index in [-0.39, 0.29) is 0 Å². The lowest BCUT2D eigenvalue weighted by Crippen LogP contribution is -2.37. The maximum Gasteiger partial charge on any atom is 0.229 e. The number of ether oxygens (including phenoxy) is 2. The van der Waals surface area contributed by atoms with Gasteiger partial charge in [0, 0.05) is 36.8 Å². The molecule has 3 aromatic rings. The summed E-state index contributed by atoms with van der Waals surface area (Å²) >= 11 is 6.44. The molecule has 1 fully saturated rings. The van der Waals surface area contributed by atoms with Crippen LogP contribution in [0.5, 0.6) is 5.75 Å². The Balaban J connectivity index is 1.41. The van der Waals surface area contributed by atoms with Gasteiger partial charge in [0.2, 0.25) is 5.95 Å². The van der Waals surface area contributed by atoms with Gasteiger partial charge in [0.25, 0.3) is 0 Å². The van der Waals surface area contributed by atoms with Gasteiger partial charge in [0.05, 0.1) is 30.3 Å². The van der Waals surface area contributed by atoms with E-state index in [1.807, 2.05) is 30.3 Å². The lowest BCUT2D eigenvalue weighted by atomic mass is 9.99. The Morgan fingerprint density at radius 1 is 1.11 bits per heavy atom. The highest BCUT2D eigenvalue weighted by Gasteiger charge is 2.26. The number of hydrogen-bond acceptors (Lipinski definition) is 8. The van der Waals surface area contributed by atoms with Crippen LogP contribution in [0.2, 0.25) is 5.02 Å². The van der Waals surface area contributed by atoms with Gasteiger partial charge in [-0.15, -0.1) is 0 Å². The van der Waals surface area contributed by atoms with Crippen LogP contribution in [-0.2, 0) is 15.7 Å². The summed E-state index contributed by atoms with van der Waals surface area (Å²) in [5.41, 5.74) is 3.99. The van der Waals surface area contributed by atoms with Crippen LogP contribution in [0.4, 0.5) is 28.8 Å². The molecule has 0 spiro atoms. The van der Waals surface area contributed by atoms with Gasteiger partial charge in [-0.05, 0) is 63.3 Å². The molecule has 3 heterocycles. The van der Waals surface area contributed by atoms with Crippen molar-refractivity contribution in [1.29, 1.82) is 0 Å². The van der Waals surface area contributed by atoms with E-state index < -0.39 is 7.14 Å². The monoisotopic (exact) mass is 541 g/mol. The summed E-state index contributed by atoms with van der Waals surface area (Å²) in [5.74, 6) is 1.69. The zero-order valence-electron chi connectivity index (χ0n) is 21.5. The van der Waals surface area contributed by atoms with Crippen molar-refractivity contribution >= 4 is 52.9 Å². The Labute approximate surface area is 223 Å². The van der Waals surface area contributed by atoms with Crippen molar-refractivity contribution in [3.8, 4) is 5.75 Å². The van der Waals surface area contributed by atoms with Gasteiger partial charge >= 0.3 is 0 Å². The molecule has 2 aliphatic heterocycles. The van der Waals surface area contributed by atoms with Gasteiger partial charge < -0.3 is 29.6 Å². The minimum Gasteiger partial charge on any atom is -0.491 e. The quantitative estimate of drug-likeness (QED) is 0.363. The van der Waals surface area contributed by atoms with Crippen LogP contribution in [0, 0.1) is 0 Å². The van der Waals surface area contributed by atoms with Gasteiger partial charge in [-0.25, -0.2) is 4.98 Å². The average molecular weight is 542 g/mol. The van der Waals surface area contributed by atoms with Crippen molar-refractivity contribution in [3.05, 3.63) is 53.2 Å². The molecule has 0 aliphatic carbocycles. The highest BCUT2D eigenvalue weighted by molar-refractivity contribution is 7.70. The molecule has 37 heavy (non-hydrogen) atoms. The highest BCUT2D eigenvalue weighted by Crippen LogP contribution is 2.42. The molecule has 5 rings (SSSR count). The summed E-state index contributed by atoms with van der Waals surface area (Å²) in [4.78, 5) is 11.5. The number of methoxy groups -OCH3 is 1. The van der Waals surface area contributed by atoms with E-state index in [1.165, 1.54) is 11.3 Å². The van der Waals surface area contributed by atoms with E-state index in [0.717, 1.165) is 55.5 Å². The highest BCUT2D eigenvalue weighted by atomic mass is 35.5. The minimum atomic E-state index is -2.50. The second kappa shape index (κ2) is 10.9. The number of benzene rings is 2. The van der Waals surface area contributed by atoms with Crippen LogP contribution < -0.4 is 25.6 Å². The number of anilines is 5. The maximum absolute atomic E-state index is 12.8. The number of aromatic nitrogens is 2. The first-order valence-corrected chi connectivity index (χ1v) is 15.6. The number of piperidine rings is 1. The number of para-hydroxylation sites is 1. The van der Waals surface area contributed by atoms with Gasteiger partial charge in [-0.2, -0.15) is 4.98 Å². The molecule has 0 bridgehead atoms. The summed E-state index contributed by atoms with van der Waals surface area (Å²) in [6.45, 7) is 6.10. The Bertz CT molecular complexity index is 1320. The van der Waals surface area contributed by atoms with E-state index in [4.69, 9.17) is 21.1 Å². The fourth-order valence-corrected chi connectivity index (χ4v) is 6.28. The molecule has 0 saturated carbocycles. The Morgan fingerprint density at radius 3 is 2.65 bits per heavy atom. The molecule has 10 heteroatoms. The smallest absolute Gasteiger partial charge is 0.229 e. The molecular weight excluding hydrogens is 509 g/mol. The molecule has 2 aliphatic rings. The van der Waals surface area contributed by atoms with Crippen molar-refractivity contribution in [2.24, 2.45) is 0 Å². The van der Waals surface area contributed by atoms with E-state index in [0.29, 0.717) is 35.2 Å². The number of rotatable bonds is 7. The largest absolute Gasteiger partial charge is 0.491 e. The molecule has 0 radical (unpaired) electrons. The zero-order valence-corrected chi connectivity index (χ0v) is 23.1. The lowest BCUT2D eigenvalue weighted by molar-refractivity contribution is 0.0819. The Kier molecular flexibility index (Phi) is 7.61. The van der Waals surface area contributed by atoms with Gasteiger partial charge in [-0.3, -0.25) is 0 Å². The van der Waals surface area contributed by atoms with E-state index in [9.17, 15) is 4.57 Å². The van der Waals surface area contributed by atoms with Crippen LogP contribution in [0.1, 0.15) is 24.8 Å². The van der Waals surface area contributed by atoms with Crippen LogP contribution in [0.25, 0.3) is 0 Å². The van der Waals surface area contributed by atoms with Crippen LogP contribution in [0.3, 0.4) is 0 Å². The molecule has 0 atom stereocenters. The SMILES string of the molecule is COC1CCN(c2ccc(Nc3ncc(Cl)c(Nc4ccccc4P(C)(C)=O)n3)c3c2CCCO3)CC1. The van der Waals surface area contributed by atoms with Crippen LogP contribution in [0.15, 0.2) is 42.6 Å². The summed E-state index contributed by atoms with van der Waals surface area (Å²) in [6, 6.07) is 11.7. The number of halogens is 1. The van der Waals surface area contributed by atoms with Gasteiger partial charge in [0.15, 0.2) is 5.82 Å². The van der Waals surface area contributed by atoms with Crippen molar-refractivity contribution in [3.63, 3.8) is 0 Å².